The second-order valence-electron chi connectivity index (χ2n) is 6.62. The van der Waals surface area contributed by atoms with Gasteiger partial charge in [-0.1, -0.05) is 36.8 Å². The van der Waals surface area contributed by atoms with Gasteiger partial charge in [0, 0.05) is 26.4 Å². The summed E-state index contributed by atoms with van der Waals surface area (Å²) in [7, 11) is -0.939. The van der Waals surface area contributed by atoms with Crippen molar-refractivity contribution in [3.63, 3.8) is 0 Å². The fourth-order valence-electron chi connectivity index (χ4n) is 2.60. The van der Waals surface area contributed by atoms with E-state index < -0.39 is 9.84 Å². The Morgan fingerprint density at radius 3 is 2.42 bits per heavy atom. The van der Waals surface area contributed by atoms with E-state index in [1.54, 1.807) is 0 Å². The second kappa shape index (κ2) is 11.7. The molecule has 0 bridgehead atoms. The molecule has 146 valence electrons. The SMILES string of the molecule is C=CCCCCCN(C)C(=NCc1ccc(CS(C)(=O)=O)cc1)NCC. The smallest absolute Gasteiger partial charge is 0.193 e. The van der Waals surface area contributed by atoms with E-state index >= 15 is 0 Å². The molecule has 0 unspecified atom stereocenters. The Labute approximate surface area is 159 Å². The van der Waals surface area contributed by atoms with Crippen molar-refractivity contribution in [3.8, 4) is 0 Å². The molecule has 0 aliphatic heterocycles. The van der Waals surface area contributed by atoms with E-state index in [9.17, 15) is 8.42 Å². The molecule has 26 heavy (non-hydrogen) atoms. The van der Waals surface area contributed by atoms with Crippen LogP contribution in [0, 0.1) is 0 Å². The van der Waals surface area contributed by atoms with Crippen LogP contribution in [0.4, 0.5) is 0 Å². The minimum absolute atomic E-state index is 0.0772. The number of hydrogen-bond donors (Lipinski definition) is 1. The van der Waals surface area contributed by atoms with Crippen molar-refractivity contribution in [3.05, 3.63) is 48.0 Å². The maximum absolute atomic E-state index is 11.4. The third-order valence-corrected chi connectivity index (χ3v) is 4.82. The summed E-state index contributed by atoms with van der Waals surface area (Å²) >= 11 is 0. The van der Waals surface area contributed by atoms with E-state index in [1.165, 1.54) is 19.1 Å². The molecule has 5 nitrogen and oxygen atoms in total. The van der Waals surface area contributed by atoms with Crippen molar-refractivity contribution in [2.45, 2.75) is 44.9 Å². The van der Waals surface area contributed by atoms with E-state index in [2.05, 4.69) is 30.8 Å². The zero-order valence-corrected chi connectivity index (χ0v) is 17.2. The summed E-state index contributed by atoms with van der Waals surface area (Å²) < 4.78 is 22.7. The van der Waals surface area contributed by atoms with Crippen molar-refractivity contribution in [1.82, 2.24) is 10.2 Å². The van der Waals surface area contributed by atoms with Gasteiger partial charge < -0.3 is 10.2 Å². The number of nitrogens with zero attached hydrogens (tertiary/aromatic N) is 2. The van der Waals surface area contributed by atoms with Crippen molar-refractivity contribution >= 4 is 15.8 Å². The number of allylic oxidation sites excluding steroid dienone is 1. The van der Waals surface area contributed by atoms with Crippen molar-refractivity contribution in [2.24, 2.45) is 4.99 Å². The quantitative estimate of drug-likeness (QED) is 0.277. The molecular formula is C20H33N3O2S. The molecule has 0 radical (unpaired) electrons. The average Bonchev–Trinajstić information content (AvgIpc) is 2.58. The van der Waals surface area contributed by atoms with Crippen LogP contribution >= 0.6 is 0 Å². The van der Waals surface area contributed by atoms with E-state index in [4.69, 9.17) is 4.99 Å². The number of hydrogen-bond acceptors (Lipinski definition) is 3. The highest BCUT2D eigenvalue weighted by molar-refractivity contribution is 7.89. The molecule has 0 saturated carbocycles. The molecule has 1 N–H and O–H groups in total. The van der Waals surface area contributed by atoms with Crippen molar-refractivity contribution < 1.29 is 8.42 Å². The molecule has 0 saturated heterocycles. The van der Waals surface area contributed by atoms with E-state index in [1.807, 2.05) is 30.3 Å². The van der Waals surface area contributed by atoms with Crippen LogP contribution in [-0.2, 0) is 22.1 Å². The van der Waals surface area contributed by atoms with Crippen LogP contribution in [0.25, 0.3) is 0 Å². The van der Waals surface area contributed by atoms with Gasteiger partial charge in [0.15, 0.2) is 15.8 Å². The standard InChI is InChI=1S/C20H33N3O2S/c1-5-7-8-9-10-15-23(3)20(21-6-2)22-16-18-11-13-19(14-12-18)17-26(4,24)25/h5,11-14H,1,6-10,15-17H2,2-4H3,(H,21,22). The maximum Gasteiger partial charge on any atom is 0.193 e. The molecule has 1 rings (SSSR count). The van der Waals surface area contributed by atoms with Crippen LogP contribution in [0.1, 0.15) is 43.7 Å². The molecule has 0 aliphatic carbocycles. The third-order valence-electron chi connectivity index (χ3n) is 3.96. The Morgan fingerprint density at radius 1 is 1.19 bits per heavy atom. The minimum Gasteiger partial charge on any atom is -0.357 e. The second-order valence-corrected chi connectivity index (χ2v) is 8.76. The number of benzene rings is 1. The zero-order chi connectivity index (χ0) is 19.4. The number of unbranched alkanes of at least 4 members (excludes halogenated alkanes) is 3. The van der Waals surface area contributed by atoms with E-state index in [0.717, 1.165) is 43.0 Å². The Bertz CT molecular complexity index is 667. The molecule has 0 heterocycles. The number of nitrogens with one attached hydrogen (secondary N) is 1. The highest BCUT2D eigenvalue weighted by atomic mass is 32.2. The topological polar surface area (TPSA) is 61.8 Å². The van der Waals surface area contributed by atoms with Crippen LogP contribution in [-0.4, -0.2) is 45.7 Å². The lowest BCUT2D eigenvalue weighted by Gasteiger charge is -2.22. The van der Waals surface area contributed by atoms with Gasteiger partial charge in [0.2, 0.25) is 0 Å². The number of sulfone groups is 1. The first-order chi connectivity index (χ1) is 12.4. The predicted molar refractivity (Wildman–Crippen MR) is 111 cm³/mol. The lowest BCUT2D eigenvalue weighted by Crippen LogP contribution is -2.39. The summed E-state index contributed by atoms with van der Waals surface area (Å²) in [5, 5.41) is 3.33. The van der Waals surface area contributed by atoms with Gasteiger partial charge in [0.25, 0.3) is 0 Å². The van der Waals surface area contributed by atoms with Gasteiger partial charge in [-0.25, -0.2) is 13.4 Å². The summed E-state index contributed by atoms with van der Waals surface area (Å²) in [5.41, 5.74) is 1.88. The monoisotopic (exact) mass is 379 g/mol. The molecular weight excluding hydrogens is 346 g/mol. The highest BCUT2D eigenvalue weighted by Crippen LogP contribution is 2.09. The Hall–Kier alpha value is -1.82. The first-order valence-electron chi connectivity index (χ1n) is 9.21. The lowest BCUT2D eigenvalue weighted by atomic mass is 10.1. The third kappa shape index (κ3) is 9.61. The zero-order valence-electron chi connectivity index (χ0n) is 16.4. The first kappa shape index (κ1) is 22.2. The molecule has 1 aromatic rings. The van der Waals surface area contributed by atoms with Gasteiger partial charge in [-0.05, 0) is 37.3 Å². The fraction of sp³-hybridized carbons (Fsp3) is 0.550. The highest BCUT2D eigenvalue weighted by Gasteiger charge is 2.06. The lowest BCUT2D eigenvalue weighted by molar-refractivity contribution is 0.455. The summed E-state index contributed by atoms with van der Waals surface area (Å²) in [4.78, 5) is 6.86. The first-order valence-corrected chi connectivity index (χ1v) is 11.3. The average molecular weight is 380 g/mol. The van der Waals surface area contributed by atoms with E-state index in [0.29, 0.717) is 6.54 Å². The van der Waals surface area contributed by atoms with Crippen LogP contribution in [0.2, 0.25) is 0 Å². The molecule has 0 atom stereocenters. The van der Waals surface area contributed by atoms with Gasteiger partial charge in [-0.15, -0.1) is 6.58 Å². The predicted octanol–water partition coefficient (Wildman–Crippen LogP) is 3.37. The number of rotatable bonds is 11. The van der Waals surface area contributed by atoms with Gasteiger partial charge in [-0.2, -0.15) is 0 Å². The normalized spacial score (nSPS) is 12.0. The van der Waals surface area contributed by atoms with Gasteiger partial charge in [0.1, 0.15) is 0 Å². The van der Waals surface area contributed by atoms with Crippen molar-refractivity contribution in [1.29, 1.82) is 0 Å². The number of guanidine groups is 1. The summed E-state index contributed by atoms with van der Waals surface area (Å²) in [6.45, 7) is 8.18. The Morgan fingerprint density at radius 2 is 1.85 bits per heavy atom. The molecule has 6 heteroatoms. The van der Waals surface area contributed by atoms with Crippen molar-refractivity contribution in [2.75, 3.05) is 26.4 Å². The van der Waals surface area contributed by atoms with Crippen LogP contribution < -0.4 is 5.32 Å². The van der Waals surface area contributed by atoms with Crippen LogP contribution in [0.15, 0.2) is 41.9 Å². The molecule has 0 spiro atoms. The summed E-state index contributed by atoms with van der Waals surface area (Å²) in [6, 6.07) is 7.62. The summed E-state index contributed by atoms with van der Waals surface area (Å²) in [6.07, 6.45) is 7.81. The Balaban J connectivity index is 2.60. The molecule has 0 aliphatic rings. The van der Waals surface area contributed by atoms with Crippen LogP contribution in [0.5, 0.6) is 0 Å². The summed E-state index contributed by atoms with van der Waals surface area (Å²) in [5.74, 6) is 0.977. The molecule has 0 amide bonds. The molecule has 0 fully saturated rings. The molecule has 0 aromatic heterocycles. The molecule has 1 aromatic carbocycles. The van der Waals surface area contributed by atoms with Gasteiger partial charge in [0.05, 0.1) is 12.3 Å². The van der Waals surface area contributed by atoms with Gasteiger partial charge >= 0.3 is 0 Å². The minimum atomic E-state index is -3.00. The number of aliphatic imine (C=N–C) groups is 1. The largest absolute Gasteiger partial charge is 0.357 e. The Kier molecular flexibility index (Phi) is 10.0. The van der Waals surface area contributed by atoms with Crippen LogP contribution in [0.3, 0.4) is 0 Å². The van der Waals surface area contributed by atoms with E-state index in [-0.39, 0.29) is 5.75 Å². The maximum atomic E-state index is 11.4. The fourth-order valence-corrected chi connectivity index (χ4v) is 3.40. The van der Waals surface area contributed by atoms with Gasteiger partial charge in [-0.3, -0.25) is 0 Å².